The van der Waals surface area contributed by atoms with E-state index in [1.54, 1.807) is 0 Å². The predicted molar refractivity (Wildman–Crippen MR) is 81.9 cm³/mol. The molecular weight excluding hydrogens is 218 g/mol. The van der Waals surface area contributed by atoms with Crippen LogP contribution in [0.4, 0.5) is 0 Å². The Bertz CT molecular complexity index is 186. The summed E-state index contributed by atoms with van der Waals surface area (Å²) >= 11 is 0. The van der Waals surface area contributed by atoms with Crippen molar-refractivity contribution >= 4 is 0 Å². The van der Waals surface area contributed by atoms with E-state index in [9.17, 15) is 0 Å². The molecule has 0 amide bonds. The lowest BCUT2D eigenvalue weighted by Crippen LogP contribution is -2.37. The Balaban J connectivity index is 2.36. The van der Waals surface area contributed by atoms with Crippen molar-refractivity contribution in [3.63, 3.8) is 0 Å². The van der Waals surface area contributed by atoms with E-state index in [0.29, 0.717) is 5.41 Å². The first-order valence-corrected chi connectivity index (χ1v) is 8.25. The van der Waals surface area contributed by atoms with Crippen molar-refractivity contribution in [3.8, 4) is 0 Å². The molecular formula is C17H35N. The third-order valence-electron chi connectivity index (χ3n) is 4.46. The highest BCUT2D eigenvalue weighted by Gasteiger charge is 2.30. The lowest BCUT2D eigenvalue weighted by atomic mass is 9.70. The third-order valence-corrected chi connectivity index (χ3v) is 4.46. The number of hydrogen-bond donors (Lipinski definition) is 1. The van der Waals surface area contributed by atoms with Gasteiger partial charge in [0, 0.05) is 6.54 Å². The summed E-state index contributed by atoms with van der Waals surface area (Å²) in [5.41, 5.74) is 0.641. The smallest absolute Gasteiger partial charge is 0.000792 e. The molecule has 0 spiro atoms. The van der Waals surface area contributed by atoms with Gasteiger partial charge in [-0.1, -0.05) is 59.8 Å². The Kier molecular flexibility index (Phi) is 7.29. The first-order chi connectivity index (χ1) is 8.54. The van der Waals surface area contributed by atoms with E-state index in [0.717, 1.165) is 11.8 Å². The van der Waals surface area contributed by atoms with E-state index in [2.05, 4.69) is 33.0 Å². The minimum Gasteiger partial charge on any atom is -0.316 e. The molecule has 0 saturated heterocycles. The minimum atomic E-state index is 0.641. The summed E-state index contributed by atoms with van der Waals surface area (Å²) in [4.78, 5) is 0. The summed E-state index contributed by atoms with van der Waals surface area (Å²) in [6.45, 7) is 11.8. The molecule has 0 heterocycles. The molecule has 18 heavy (non-hydrogen) atoms. The minimum absolute atomic E-state index is 0.641. The van der Waals surface area contributed by atoms with Crippen molar-refractivity contribution in [2.75, 3.05) is 13.1 Å². The molecule has 0 aromatic rings. The Labute approximate surface area is 115 Å². The van der Waals surface area contributed by atoms with Crippen molar-refractivity contribution in [2.45, 2.75) is 79.1 Å². The molecule has 0 bridgehead atoms. The maximum absolute atomic E-state index is 3.73. The van der Waals surface area contributed by atoms with Crippen molar-refractivity contribution < 1.29 is 0 Å². The van der Waals surface area contributed by atoms with Gasteiger partial charge in [0.1, 0.15) is 0 Å². The van der Waals surface area contributed by atoms with Crippen LogP contribution in [0.1, 0.15) is 79.1 Å². The summed E-state index contributed by atoms with van der Waals surface area (Å²) in [7, 11) is 0. The van der Waals surface area contributed by atoms with Crippen LogP contribution < -0.4 is 5.32 Å². The first kappa shape index (κ1) is 16.0. The number of nitrogens with one attached hydrogen (secondary N) is 1. The molecule has 1 rings (SSSR count). The molecule has 1 N–H and O–H groups in total. The van der Waals surface area contributed by atoms with Crippen LogP contribution in [0.15, 0.2) is 0 Å². The highest BCUT2D eigenvalue weighted by molar-refractivity contribution is 4.85. The topological polar surface area (TPSA) is 12.0 Å². The molecule has 1 aliphatic carbocycles. The Morgan fingerprint density at radius 2 is 1.61 bits per heavy atom. The summed E-state index contributed by atoms with van der Waals surface area (Å²) in [6.07, 6.45) is 11.6. The lowest BCUT2D eigenvalue weighted by Gasteiger charge is -2.38. The fourth-order valence-electron chi connectivity index (χ4n) is 3.33. The van der Waals surface area contributed by atoms with Gasteiger partial charge in [0.25, 0.3) is 0 Å². The van der Waals surface area contributed by atoms with E-state index in [1.165, 1.54) is 64.5 Å². The van der Waals surface area contributed by atoms with E-state index >= 15 is 0 Å². The second-order valence-electron chi connectivity index (χ2n) is 7.37. The molecule has 0 radical (unpaired) electrons. The van der Waals surface area contributed by atoms with Crippen LogP contribution in [0.3, 0.4) is 0 Å². The zero-order valence-corrected chi connectivity index (χ0v) is 13.2. The van der Waals surface area contributed by atoms with Crippen LogP contribution in [-0.2, 0) is 0 Å². The largest absolute Gasteiger partial charge is 0.316 e. The van der Waals surface area contributed by atoms with Crippen molar-refractivity contribution in [1.29, 1.82) is 0 Å². The van der Waals surface area contributed by atoms with Gasteiger partial charge in [-0.15, -0.1) is 0 Å². The lowest BCUT2D eigenvalue weighted by molar-refractivity contribution is 0.158. The van der Waals surface area contributed by atoms with Crippen LogP contribution in [0.5, 0.6) is 0 Å². The Morgan fingerprint density at radius 1 is 0.944 bits per heavy atom. The zero-order valence-electron chi connectivity index (χ0n) is 13.2. The summed E-state index contributed by atoms with van der Waals surface area (Å²) < 4.78 is 0. The molecule has 108 valence electrons. The van der Waals surface area contributed by atoms with Crippen LogP contribution >= 0.6 is 0 Å². The standard InChI is InChI=1S/C17H35N/c1-15(2)9-8-12-17(10-6-5-7-11-17)14-18-13-16(3)4/h15-16,18H,5-14H2,1-4H3. The maximum Gasteiger partial charge on any atom is 0.000792 e. The summed E-state index contributed by atoms with van der Waals surface area (Å²) in [6, 6.07) is 0. The van der Waals surface area contributed by atoms with E-state index in [1.807, 2.05) is 0 Å². The fourth-order valence-corrected chi connectivity index (χ4v) is 3.33. The van der Waals surface area contributed by atoms with Gasteiger partial charge in [-0.3, -0.25) is 0 Å². The number of hydrogen-bond acceptors (Lipinski definition) is 1. The summed E-state index contributed by atoms with van der Waals surface area (Å²) in [5.74, 6) is 1.65. The van der Waals surface area contributed by atoms with E-state index < -0.39 is 0 Å². The first-order valence-electron chi connectivity index (χ1n) is 8.25. The summed E-state index contributed by atoms with van der Waals surface area (Å²) in [5, 5.41) is 3.73. The predicted octanol–water partition coefficient (Wildman–Crippen LogP) is 5.01. The van der Waals surface area contributed by atoms with Crippen LogP contribution in [0, 0.1) is 17.3 Å². The van der Waals surface area contributed by atoms with Crippen molar-refractivity contribution in [3.05, 3.63) is 0 Å². The van der Waals surface area contributed by atoms with Crippen LogP contribution in [-0.4, -0.2) is 13.1 Å². The molecule has 1 heteroatoms. The maximum atomic E-state index is 3.73. The normalized spacial score (nSPS) is 19.7. The fraction of sp³-hybridized carbons (Fsp3) is 1.00. The average molecular weight is 253 g/mol. The van der Waals surface area contributed by atoms with Gasteiger partial charge in [-0.2, -0.15) is 0 Å². The second kappa shape index (κ2) is 8.19. The van der Waals surface area contributed by atoms with Crippen molar-refractivity contribution in [1.82, 2.24) is 5.32 Å². The molecule has 0 atom stereocenters. The van der Waals surface area contributed by atoms with Crippen molar-refractivity contribution in [2.24, 2.45) is 17.3 Å². The molecule has 0 unspecified atom stereocenters. The highest BCUT2D eigenvalue weighted by Crippen LogP contribution is 2.40. The third kappa shape index (κ3) is 6.22. The SMILES string of the molecule is CC(C)CCCC1(CNCC(C)C)CCCCC1. The van der Waals surface area contributed by atoms with Gasteiger partial charge in [0.15, 0.2) is 0 Å². The molecule has 0 aromatic carbocycles. The van der Waals surface area contributed by atoms with Gasteiger partial charge in [0.2, 0.25) is 0 Å². The molecule has 1 aliphatic rings. The van der Waals surface area contributed by atoms with Crippen LogP contribution in [0.25, 0.3) is 0 Å². The van der Waals surface area contributed by atoms with Gasteiger partial charge in [0.05, 0.1) is 0 Å². The Morgan fingerprint density at radius 3 is 2.17 bits per heavy atom. The monoisotopic (exact) mass is 253 g/mol. The zero-order chi connectivity index (χ0) is 13.4. The van der Waals surface area contributed by atoms with Gasteiger partial charge in [-0.25, -0.2) is 0 Å². The molecule has 0 aromatic heterocycles. The van der Waals surface area contributed by atoms with E-state index in [-0.39, 0.29) is 0 Å². The van der Waals surface area contributed by atoms with E-state index in [4.69, 9.17) is 0 Å². The average Bonchev–Trinajstić information content (AvgIpc) is 2.29. The Hall–Kier alpha value is -0.0400. The van der Waals surface area contributed by atoms with Gasteiger partial charge in [-0.05, 0) is 43.1 Å². The molecule has 0 aliphatic heterocycles. The highest BCUT2D eigenvalue weighted by atomic mass is 14.9. The number of rotatable bonds is 8. The van der Waals surface area contributed by atoms with Gasteiger partial charge < -0.3 is 5.32 Å². The molecule has 1 nitrogen and oxygen atoms in total. The molecule has 1 saturated carbocycles. The van der Waals surface area contributed by atoms with Crippen LogP contribution in [0.2, 0.25) is 0 Å². The van der Waals surface area contributed by atoms with Gasteiger partial charge >= 0.3 is 0 Å². The quantitative estimate of drug-likeness (QED) is 0.641. The second-order valence-corrected chi connectivity index (χ2v) is 7.37. The molecule has 1 fully saturated rings.